The van der Waals surface area contributed by atoms with Gasteiger partial charge >= 0.3 is 0 Å². The van der Waals surface area contributed by atoms with Crippen LogP contribution in [0.4, 0.5) is 0 Å². The number of fused-ring (bicyclic) bond motifs is 1. The Morgan fingerprint density at radius 1 is 0.875 bits per heavy atom. The van der Waals surface area contributed by atoms with Crippen LogP contribution < -0.4 is 5.32 Å². The number of benzene rings is 2. The Kier molecular flexibility index (Phi) is 4.58. The second-order valence-corrected chi connectivity index (χ2v) is 8.63. The fourth-order valence-electron chi connectivity index (χ4n) is 4.47. The van der Waals surface area contributed by atoms with Crippen LogP contribution in [-0.2, 0) is 0 Å². The minimum Gasteiger partial charge on any atom is -0.343 e. The topological polar surface area (TPSA) is 82.3 Å². The summed E-state index contributed by atoms with van der Waals surface area (Å²) in [6, 6.07) is 19.5. The Hall–Kier alpha value is -3.77. The van der Waals surface area contributed by atoms with Crippen LogP contribution in [-0.4, -0.2) is 31.5 Å². The van der Waals surface area contributed by atoms with Crippen LogP contribution in [0, 0.1) is 5.92 Å². The predicted molar refractivity (Wildman–Crippen MR) is 127 cm³/mol. The second kappa shape index (κ2) is 7.73. The smallest absolute Gasteiger partial charge is 0.123 e. The average molecular weight is 421 g/mol. The highest BCUT2D eigenvalue weighted by molar-refractivity contribution is 5.86. The highest BCUT2D eigenvalue weighted by atomic mass is 15.0. The maximum Gasteiger partial charge on any atom is 0.123 e. The molecule has 0 unspecified atom stereocenters. The summed E-state index contributed by atoms with van der Waals surface area (Å²) in [6.45, 7) is 3.33. The first-order chi connectivity index (χ1) is 15.7. The van der Waals surface area contributed by atoms with Crippen molar-refractivity contribution >= 4 is 10.9 Å². The third-order valence-corrected chi connectivity index (χ3v) is 6.27. The van der Waals surface area contributed by atoms with E-state index in [9.17, 15) is 0 Å². The molecule has 0 saturated carbocycles. The van der Waals surface area contributed by atoms with E-state index < -0.39 is 0 Å². The van der Waals surface area contributed by atoms with Crippen LogP contribution in [0.1, 0.15) is 25.2 Å². The van der Waals surface area contributed by atoms with E-state index in [1.807, 2.05) is 12.3 Å². The SMILES string of the molecule is C[C@@H]1CN[C@H](c2ncc(-c3ccc(-c4ccc5nc(-c6cnc[nH]6)ccc5c4)cc3)[nH]2)C1. The fraction of sp³-hybridized carbons (Fsp3) is 0.192. The molecule has 0 radical (unpaired) electrons. The van der Waals surface area contributed by atoms with Crippen LogP contribution in [0.25, 0.3) is 44.7 Å². The van der Waals surface area contributed by atoms with E-state index >= 15 is 0 Å². The zero-order valence-corrected chi connectivity index (χ0v) is 17.8. The molecule has 6 heteroatoms. The Morgan fingerprint density at radius 3 is 2.50 bits per heavy atom. The van der Waals surface area contributed by atoms with Crippen molar-refractivity contribution in [1.82, 2.24) is 30.2 Å². The maximum atomic E-state index is 4.76. The largest absolute Gasteiger partial charge is 0.343 e. The van der Waals surface area contributed by atoms with Crippen molar-refractivity contribution in [3.05, 3.63) is 79.1 Å². The molecule has 2 aromatic carbocycles. The molecule has 32 heavy (non-hydrogen) atoms. The van der Waals surface area contributed by atoms with Crippen LogP contribution in [0.15, 0.2) is 73.3 Å². The molecule has 0 spiro atoms. The summed E-state index contributed by atoms with van der Waals surface area (Å²) in [5.74, 6) is 1.73. The van der Waals surface area contributed by atoms with E-state index in [4.69, 9.17) is 4.98 Å². The fourth-order valence-corrected chi connectivity index (χ4v) is 4.47. The Morgan fingerprint density at radius 2 is 1.72 bits per heavy atom. The number of hydrogen-bond donors (Lipinski definition) is 3. The highest BCUT2D eigenvalue weighted by Crippen LogP contribution is 2.29. The molecule has 0 amide bonds. The third-order valence-electron chi connectivity index (χ3n) is 6.27. The van der Waals surface area contributed by atoms with E-state index in [0.29, 0.717) is 12.0 Å². The molecule has 1 aliphatic rings. The molecule has 6 nitrogen and oxygen atoms in total. The van der Waals surface area contributed by atoms with Gasteiger partial charge in [-0.3, -0.25) is 0 Å². The first-order valence-corrected chi connectivity index (χ1v) is 11.0. The Bertz CT molecular complexity index is 1370. The lowest BCUT2D eigenvalue weighted by Crippen LogP contribution is -2.14. The number of imidazole rings is 2. The molecule has 6 rings (SSSR count). The molecule has 1 aliphatic heterocycles. The number of nitrogens with one attached hydrogen (secondary N) is 3. The minimum absolute atomic E-state index is 0.331. The lowest BCUT2D eigenvalue weighted by atomic mass is 10.0. The number of nitrogens with zero attached hydrogens (tertiary/aromatic N) is 3. The zero-order chi connectivity index (χ0) is 21.5. The summed E-state index contributed by atoms with van der Waals surface area (Å²) < 4.78 is 0. The van der Waals surface area contributed by atoms with Gasteiger partial charge in [0.15, 0.2) is 0 Å². The van der Waals surface area contributed by atoms with Crippen LogP contribution in [0.2, 0.25) is 0 Å². The number of aromatic amines is 2. The van der Waals surface area contributed by atoms with Gasteiger partial charge in [0.05, 0.1) is 47.4 Å². The standard InChI is InChI=1S/C26H24N6/c1-16-10-23(28-12-16)26-29-14-24(32-26)18-4-2-17(3-5-18)19-6-8-21-20(11-19)7-9-22(31-21)25-13-27-15-30-25/h2-9,11,13-16,23,28H,10,12H2,1H3,(H,27,30)(H,29,32)/t16-,23-/m0/s1. The van der Waals surface area contributed by atoms with Crippen LogP contribution >= 0.6 is 0 Å². The van der Waals surface area contributed by atoms with E-state index in [1.165, 1.54) is 11.1 Å². The van der Waals surface area contributed by atoms with E-state index in [2.05, 4.69) is 80.7 Å². The van der Waals surface area contributed by atoms with Crippen molar-refractivity contribution in [1.29, 1.82) is 0 Å². The highest BCUT2D eigenvalue weighted by Gasteiger charge is 2.24. The predicted octanol–water partition coefficient (Wildman–Crippen LogP) is 5.35. The molecule has 2 atom stereocenters. The van der Waals surface area contributed by atoms with Crippen LogP contribution in [0.3, 0.4) is 0 Å². The lowest BCUT2D eigenvalue weighted by molar-refractivity contribution is 0.588. The summed E-state index contributed by atoms with van der Waals surface area (Å²) in [7, 11) is 0. The summed E-state index contributed by atoms with van der Waals surface area (Å²) in [6.07, 6.45) is 6.53. The minimum atomic E-state index is 0.331. The third kappa shape index (κ3) is 3.48. The van der Waals surface area contributed by atoms with Gasteiger partial charge in [0.25, 0.3) is 0 Å². The zero-order valence-electron chi connectivity index (χ0n) is 17.8. The number of H-pyrrole nitrogens is 2. The van der Waals surface area contributed by atoms with Crippen molar-refractivity contribution in [2.75, 3.05) is 6.54 Å². The van der Waals surface area contributed by atoms with Gasteiger partial charge in [-0.05, 0) is 53.8 Å². The van der Waals surface area contributed by atoms with Crippen molar-refractivity contribution in [2.45, 2.75) is 19.4 Å². The van der Waals surface area contributed by atoms with Crippen molar-refractivity contribution in [3.63, 3.8) is 0 Å². The number of pyridine rings is 1. The van der Waals surface area contributed by atoms with Gasteiger partial charge in [-0.15, -0.1) is 0 Å². The van der Waals surface area contributed by atoms with Gasteiger partial charge in [-0.25, -0.2) is 15.0 Å². The molecule has 0 aliphatic carbocycles. The molecule has 3 aromatic heterocycles. The summed E-state index contributed by atoms with van der Waals surface area (Å²) in [5, 5.41) is 4.66. The second-order valence-electron chi connectivity index (χ2n) is 8.63. The number of hydrogen-bond acceptors (Lipinski definition) is 4. The molecule has 0 bridgehead atoms. The molecule has 4 heterocycles. The monoisotopic (exact) mass is 420 g/mol. The van der Waals surface area contributed by atoms with E-state index in [1.54, 1.807) is 12.5 Å². The van der Waals surface area contributed by atoms with Gasteiger partial charge in [-0.2, -0.15) is 0 Å². The van der Waals surface area contributed by atoms with Gasteiger partial charge in [0.2, 0.25) is 0 Å². The molecular weight excluding hydrogens is 396 g/mol. The summed E-state index contributed by atoms with van der Waals surface area (Å²) in [5.41, 5.74) is 7.35. The lowest BCUT2D eigenvalue weighted by Gasteiger charge is -2.07. The van der Waals surface area contributed by atoms with Gasteiger partial charge < -0.3 is 15.3 Å². The molecular formula is C26H24N6. The molecule has 1 fully saturated rings. The normalized spacial score (nSPS) is 18.4. The molecule has 158 valence electrons. The first kappa shape index (κ1) is 19.0. The molecule has 1 saturated heterocycles. The van der Waals surface area contributed by atoms with Crippen molar-refractivity contribution in [3.8, 4) is 33.8 Å². The van der Waals surface area contributed by atoms with Gasteiger partial charge in [0, 0.05) is 5.39 Å². The number of rotatable bonds is 4. The van der Waals surface area contributed by atoms with Crippen LogP contribution in [0.5, 0.6) is 0 Å². The maximum absolute atomic E-state index is 4.76. The van der Waals surface area contributed by atoms with Gasteiger partial charge in [-0.1, -0.05) is 43.3 Å². The Balaban J connectivity index is 1.25. The first-order valence-electron chi connectivity index (χ1n) is 11.0. The summed E-state index contributed by atoms with van der Waals surface area (Å²) >= 11 is 0. The summed E-state index contributed by atoms with van der Waals surface area (Å²) in [4.78, 5) is 20.1. The molecule has 3 N–H and O–H groups in total. The molecule has 5 aromatic rings. The van der Waals surface area contributed by atoms with Crippen molar-refractivity contribution < 1.29 is 0 Å². The van der Waals surface area contributed by atoms with Crippen molar-refractivity contribution in [2.24, 2.45) is 5.92 Å². The quantitative estimate of drug-likeness (QED) is 0.366. The average Bonchev–Trinajstić information content (AvgIpc) is 3.60. The van der Waals surface area contributed by atoms with E-state index in [-0.39, 0.29) is 0 Å². The van der Waals surface area contributed by atoms with Gasteiger partial charge in [0.1, 0.15) is 5.82 Å². The Labute approximate surface area is 186 Å². The number of aromatic nitrogens is 5. The van der Waals surface area contributed by atoms with E-state index in [0.717, 1.165) is 52.3 Å².